The zero-order valence-electron chi connectivity index (χ0n) is 16.0. The number of nitrogens with one attached hydrogen (secondary N) is 1. The fraction of sp³-hybridized carbons (Fsp3) is 0.227. The first kappa shape index (κ1) is 18.0. The summed E-state index contributed by atoms with van der Waals surface area (Å²) in [5, 5.41) is 10.8. The Bertz CT molecular complexity index is 1180. The number of aromatic amines is 1. The van der Waals surface area contributed by atoms with Gasteiger partial charge in [-0.25, -0.2) is 0 Å². The van der Waals surface area contributed by atoms with Crippen LogP contribution < -0.4 is 4.74 Å². The van der Waals surface area contributed by atoms with Crippen molar-refractivity contribution >= 4 is 28.4 Å². The van der Waals surface area contributed by atoms with Gasteiger partial charge in [-0.3, -0.25) is 9.36 Å². The second-order valence-electron chi connectivity index (χ2n) is 7.10. The van der Waals surface area contributed by atoms with Gasteiger partial charge in [0.25, 0.3) is 0 Å². The van der Waals surface area contributed by atoms with E-state index in [1.165, 1.54) is 11.8 Å². The average molecular weight is 404 g/mol. The molecule has 0 spiro atoms. The molecule has 1 aliphatic rings. The maximum Gasteiger partial charge on any atom is 0.192 e. The number of methoxy groups -OCH3 is 1. The van der Waals surface area contributed by atoms with Crippen molar-refractivity contribution in [1.82, 2.24) is 19.7 Å². The first-order valence-corrected chi connectivity index (χ1v) is 10.5. The van der Waals surface area contributed by atoms with Crippen molar-refractivity contribution in [1.29, 1.82) is 0 Å². The van der Waals surface area contributed by atoms with Gasteiger partial charge in [-0.15, -0.1) is 10.2 Å². The van der Waals surface area contributed by atoms with E-state index < -0.39 is 0 Å². The van der Waals surface area contributed by atoms with Crippen molar-refractivity contribution in [2.75, 3.05) is 12.9 Å². The average Bonchev–Trinajstić information content (AvgIpc) is 3.38. The zero-order chi connectivity index (χ0) is 19.8. The molecule has 146 valence electrons. The fourth-order valence-corrected chi connectivity index (χ4v) is 4.37. The molecule has 1 fully saturated rings. The molecule has 7 heteroatoms. The summed E-state index contributed by atoms with van der Waals surface area (Å²) >= 11 is 1.45. The molecule has 2 heterocycles. The number of H-pyrrole nitrogens is 1. The zero-order valence-corrected chi connectivity index (χ0v) is 16.8. The van der Waals surface area contributed by atoms with E-state index in [0.717, 1.165) is 46.0 Å². The summed E-state index contributed by atoms with van der Waals surface area (Å²) in [6.07, 6.45) is 4.23. The van der Waals surface area contributed by atoms with Gasteiger partial charge in [0.05, 0.1) is 12.9 Å². The molecular weight excluding hydrogens is 384 g/mol. The second-order valence-corrected chi connectivity index (χ2v) is 8.04. The van der Waals surface area contributed by atoms with Crippen LogP contribution in [0.1, 0.15) is 29.2 Å². The Balaban J connectivity index is 1.40. The molecule has 2 aromatic heterocycles. The molecule has 0 bridgehead atoms. The molecule has 0 radical (unpaired) electrons. The summed E-state index contributed by atoms with van der Waals surface area (Å²) in [4.78, 5) is 15.9. The summed E-state index contributed by atoms with van der Waals surface area (Å²) in [5.41, 5.74) is 2.80. The lowest BCUT2D eigenvalue weighted by molar-refractivity contribution is 0.102. The van der Waals surface area contributed by atoms with E-state index in [-0.39, 0.29) is 5.78 Å². The molecule has 0 atom stereocenters. The number of rotatable bonds is 7. The van der Waals surface area contributed by atoms with Gasteiger partial charge in [0.15, 0.2) is 16.8 Å². The van der Waals surface area contributed by atoms with Crippen molar-refractivity contribution in [2.24, 2.45) is 0 Å². The van der Waals surface area contributed by atoms with Crippen molar-refractivity contribution in [2.45, 2.75) is 24.0 Å². The molecular formula is C22H20N4O2S. The molecule has 1 aliphatic carbocycles. The molecule has 0 unspecified atom stereocenters. The summed E-state index contributed by atoms with van der Waals surface area (Å²) in [5.74, 6) is 2.00. The molecule has 1 saturated carbocycles. The highest BCUT2D eigenvalue weighted by Gasteiger charge is 2.31. The predicted molar refractivity (Wildman–Crippen MR) is 114 cm³/mol. The van der Waals surface area contributed by atoms with Crippen LogP contribution in [0.4, 0.5) is 0 Å². The number of carbonyl (C=O) groups is 1. The van der Waals surface area contributed by atoms with E-state index in [1.54, 1.807) is 31.4 Å². The van der Waals surface area contributed by atoms with Crippen LogP contribution in [-0.2, 0) is 0 Å². The number of aromatic nitrogens is 4. The number of ether oxygens (including phenoxy) is 1. The summed E-state index contributed by atoms with van der Waals surface area (Å²) in [6.45, 7) is 0. The number of hydrogen-bond acceptors (Lipinski definition) is 5. The molecule has 29 heavy (non-hydrogen) atoms. The second kappa shape index (κ2) is 7.40. The number of thioether (sulfide) groups is 1. The minimum atomic E-state index is 0.0663. The van der Waals surface area contributed by atoms with Gasteiger partial charge in [0.2, 0.25) is 0 Å². The number of hydrogen-bond donors (Lipinski definition) is 1. The van der Waals surface area contributed by atoms with Crippen LogP contribution in [0.25, 0.3) is 22.3 Å². The minimum absolute atomic E-state index is 0.0663. The molecule has 4 aromatic rings. The van der Waals surface area contributed by atoms with Gasteiger partial charge in [-0.05, 0) is 43.2 Å². The quantitative estimate of drug-likeness (QED) is 0.356. The number of carbonyl (C=O) groups excluding carboxylic acids is 1. The topological polar surface area (TPSA) is 72.8 Å². The highest BCUT2D eigenvalue weighted by atomic mass is 32.2. The summed E-state index contributed by atoms with van der Waals surface area (Å²) in [6, 6.07) is 15.8. The van der Waals surface area contributed by atoms with Crippen molar-refractivity contribution in [3.05, 3.63) is 60.3 Å². The van der Waals surface area contributed by atoms with Crippen molar-refractivity contribution in [3.8, 4) is 17.1 Å². The number of Topliss-reactive ketones (excluding diaryl/α,β-unsaturated/α-hetero) is 1. The van der Waals surface area contributed by atoms with Crippen LogP contribution in [0, 0.1) is 0 Å². The van der Waals surface area contributed by atoms with E-state index >= 15 is 0 Å². The lowest BCUT2D eigenvalue weighted by Gasteiger charge is -2.08. The van der Waals surface area contributed by atoms with E-state index in [9.17, 15) is 4.79 Å². The maximum absolute atomic E-state index is 12.6. The van der Waals surface area contributed by atoms with E-state index in [2.05, 4.69) is 31.9 Å². The Morgan fingerprint density at radius 3 is 2.72 bits per heavy atom. The van der Waals surface area contributed by atoms with Gasteiger partial charge in [0, 0.05) is 34.3 Å². The molecule has 0 amide bonds. The van der Waals surface area contributed by atoms with Crippen LogP contribution in [0.2, 0.25) is 0 Å². The molecule has 6 nitrogen and oxygen atoms in total. The van der Waals surface area contributed by atoms with E-state index in [4.69, 9.17) is 4.74 Å². The number of fused-ring (bicyclic) bond motifs is 1. The number of para-hydroxylation sites is 1. The Kier molecular flexibility index (Phi) is 4.60. The Hall–Kier alpha value is -3.06. The van der Waals surface area contributed by atoms with E-state index in [0.29, 0.717) is 17.4 Å². The van der Waals surface area contributed by atoms with Crippen LogP contribution in [0.15, 0.2) is 59.9 Å². The molecule has 0 saturated heterocycles. The van der Waals surface area contributed by atoms with Gasteiger partial charge in [0.1, 0.15) is 5.75 Å². The van der Waals surface area contributed by atoms with Crippen LogP contribution >= 0.6 is 11.8 Å². The largest absolute Gasteiger partial charge is 0.497 e. The Labute approximate surface area is 172 Å². The van der Waals surface area contributed by atoms with Gasteiger partial charge >= 0.3 is 0 Å². The van der Waals surface area contributed by atoms with Crippen LogP contribution in [0.3, 0.4) is 0 Å². The van der Waals surface area contributed by atoms with Gasteiger partial charge in [-0.1, -0.05) is 30.0 Å². The van der Waals surface area contributed by atoms with Crippen molar-refractivity contribution in [3.63, 3.8) is 0 Å². The van der Waals surface area contributed by atoms with E-state index in [1.807, 2.05) is 18.3 Å². The first-order chi connectivity index (χ1) is 14.2. The number of ketones is 1. The Morgan fingerprint density at radius 2 is 1.97 bits per heavy atom. The summed E-state index contributed by atoms with van der Waals surface area (Å²) in [7, 11) is 1.61. The van der Waals surface area contributed by atoms with Crippen molar-refractivity contribution < 1.29 is 9.53 Å². The lowest BCUT2D eigenvalue weighted by Crippen LogP contribution is -2.05. The van der Waals surface area contributed by atoms with Gasteiger partial charge < -0.3 is 9.72 Å². The summed E-state index contributed by atoms with van der Waals surface area (Å²) < 4.78 is 7.35. The fourth-order valence-electron chi connectivity index (χ4n) is 3.47. The third kappa shape index (κ3) is 3.42. The Morgan fingerprint density at radius 1 is 1.17 bits per heavy atom. The molecule has 2 aromatic carbocycles. The third-order valence-corrected chi connectivity index (χ3v) is 6.09. The SMILES string of the molecule is COc1ccc(C(=O)CSc2nnc(-c3c[nH]c4ccccc34)n2C2CC2)cc1. The first-order valence-electron chi connectivity index (χ1n) is 9.56. The third-order valence-electron chi connectivity index (χ3n) is 5.15. The van der Waals surface area contributed by atoms with Gasteiger partial charge in [-0.2, -0.15) is 0 Å². The standard InChI is InChI=1S/C22H20N4O2S/c1-28-16-10-6-14(7-11-16)20(27)13-29-22-25-24-21(26(22)15-8-9-15)18-12-23-19-5-3-2-4-17(18)19/h2-7,10-12,15,23H,8-9,13H2,1H3. The monoisotopic (exact) mass is 404 g/mol. The highest BCUT2D eigenvalue weighted by molar-refractivity contribution is 7.99. The van der Waals surface area contributed by atoms with Crippen LogP contribution in [-0.4, -0.2) is 38.4 Å². The molecule has 1 N–H and O–H groups in total. The lowest BCUT2D eigenvalue weighted by atomic mass is 10.1. The number of nitrogens with zero attached hydrogens (tertiary/aromatic N) is 3. The molecule has 0 aliphatic heterocycles. The number of benzene rings is 2. The molecule has 5 rings (SSSR count). The van der Waals surface area contributed by atoms with Crippen LogP contribution in [0.5, 0.6) is 5.75 Å². The minimum Gasteiger partial charge on any atom is -0.497 e. The smallest absolute Gasteiger partial charge is 0.192 e. The predicted octanol–water partition coefficient (Wildman–Crippen LogP) is 4.74. The maximum atomic E-state index is 12.6. The normalized spacial score (nSPS) is 13.7. The highest BCUT2D eigenvalue weighted by Crippen LogP contribution is 2.42.